The van der Waals surface area contributed by atoms with Gasteiger partial charge in [-0.25, -0.2) is 0 Å². The summed E-state index contributed by atoms with van der Waals surface area (Å²) in [4.78, 5) is 0. The lowest BCUT2D eigenvalue weighted by molar-refractivity contribution is 0.287. The van der Waals surface area contributed by atoms with Crippen LogP contribution in [0.4, 0.5) is 0 Å². The van der Waals surface area contributed by atoms with Crippen molar-refractivity contribution in [1.29, 1.82) is 0 Å². The standard InChI is InChI=1S/C19H22O3/c20-9-1-3-14-5-7-17-16(11-14)13-22-19-12-15(4-2-10-21)6-8-18(17)19/h5-8,11-12,20-21H,1-4,9-10,13H2. The number of benzene rings is 2. The molecule has 2 N–H and O–H groups in total. The number of aliphatic hydroxyl groups excluding tert-OH is 2. The van der Waals surface area contributed by atoms with E-state index < -0.39 is 0 Å². The van der Waals surface area contributed by atoms with E-state index in [-0.39, 0.29) is 13.2 Å². The molecule has 3 rings (SSSR count). The van der Waals surface area contributed by atoms with Crippen molar-refractivity contribution in [2.24, 2.45) is 0 Å². The van der Waals surface area contributed by atoms with Gasteiger partial charge < -0.3 is 14.9 Å². The van der Waals surface area contributed by atoms with Gasteiger partial charge in [0, 0.05) is 18.8 Å². The van der Waals surface area contributed by atoms with E-state index in [0.29, 0.717) is 6.61 Å². The minimum atomic E-state index is 0.220. The first-order valence-electron chi connectivity index (χ1n) is 7.91. The second kappa shape index (κ2) is 6.95. The summed E-state index contributed by atoms with van der Waals surface area (Å²) in [6, 6.07) is 12.8. The number of aliphatic hydroxyl groups is 2. The Kier molecular flexibility index (Phi) is 4.76. The summed E-state index contributed by atoms with van der Waals surface area (Å²) in [6.45, 7) is 1.04. The third-order valence-corrected chi connectivity index (χ3v) is 4.14. The minimum Gasteiger partial charge on any atom is -0.488 e. The Balaban J connectivity index is 1.86. The second-order valence-electron chi connectivity index (χ2n) is 5.77. The number of rotatable bonds is 6. The molecule has 0 radical (unpaired) electrons. The van der Waals surface area contributed by atoms with E-state index in [2.05, 4.69) is 36.4 Å². The maximum absolute atomic E-state index is 8.94. The molecule has 0 bridgehead atoms. The van der Waals surface area contributed by atoms with Crippen molar-refractivity contribution in [3.05, 3.63) is 53.1 Å². The van der Waals surface area contributed by atoms with Crippen LogP contribution in [-0.2, 0) is 19.4 Å². The Morgan fingerprint density at radius 1 is 0.818 bits per heavy atom. The van der Waals surface area contributed by atoms with Gasteiger partial charge in [-0.15, -0.1) is 0 Å². The Morgan fingerprint density at radius 2 is 1.45 bits per heavy atom. The van der Waals surface area contributed by atoms with Crippen LogP contribution in [0.15, 0.2) is 36.4 Å². The second-order valence-corrected chi connectivity index (χ2v) is 5.77. The number of hydrogen-bond donors (Lipinski definition) is 2. The Labute approximate surface area is 131 Å². The van der Waals surface area contributed by atoms with Crippen molar-refractivity contribution >= 4 is 0 Å². The van der Waals surface area contributed by atoms with Gasteiger partial charge >= 0.3 is 0 Å². The molecular formula is C19H22O3. The molecule has 0 fully saturated rings. The summed E-state index contributed by atoms with van der Waals surface area (Å²) < 4.78 is 5.92. The first kappa shape index (κ1) is 15.1. The maximum Gasteiger partial charge on any atom is 0.127 e. The molecule has 0 aromatic heterocycles. The zero-order valence-corrected chi connectivity index (χ0v) is 12.7. The molecule has 3 nitrogen and oxygen atoms in total. The Hall–Kier alpha value is -1.84. The molecule has 116 valence electrons. The fraction of sp³-hybridized carbons (Fsp3) is 0.368. The van der Waals surface area contributed by atoms with Gasteiger partial charge in [0.1, 0.15) is 12.4 Å². The average Bonchev–Trinajstić information content (AvgIpc) is 2.57. The summed E-state index contributed by atoms with van der Waals surface area (Å²) in [7, 11) is 0. The summed E-state index contributed by atoms with van der Waals surface area (Å²) in [6.07, 6.45) is 3.35. The first-order valence-corrected chi connectivity index (χ1v) is 7.91. The van der Waals surface area contributed by atoms with E-state index in [1.807, 2.05) is 0 Å². The van der Waals surface area contributed by atoms with Crippen LogP contribution in [0.2, 0.25) is 0 Å². The molecule has 0 unspecified atom stereocenters. The van der Waals surface area contributed by atoms with E-state index in [9.17, 15) is 0 Å². The number of aryl methyl sites for hydroxylation is 2. The monoisotopic (exact) mass is 298 g/mol. The van der Waals surface area contributed by atoms with E-state index >= 15 is 0 Å². The fourth-order valence-electron chi connectivity index (χ4n) is 2.97. The number of fused-ring (bicyclic) bond motifs is 3. The van der Waals surface area contributed by atoms with Crippen LogP contribution in [0.5, 0.6) is 5.75 Å². The Bertz CT molecular complexity index is 592. The van der Waals surface area contributed by atoms with Crippen molar-refractivity contribution in [3.8, 4) is 16.9 Å². The third kappa shape index (κ3) is 3.16. The molecular weight excluding hydrogens is 276 g/mol. The van der Waals surface area contributed by atoms with Crippen LogP contribution in [0.1, 0.15) is 29.5 Å². The molecule has 0 amide bonds. The zero-order chi connectivity index (χ0) is 15.4. The van der Waals surface area contributed by atoms with E-state index in [1.54, 1.807) is 0 Å². The lowest BCUT2D eigenvalue weighted by atomic mass is 9.93. The van der Waals surface area contributed by atoms with Gasteiger partial charge in [-0.3, -0.25) is 0 Å². The average molecular weight is 298 g/mol. The van der Waals surface area contributed by atoms with Crippen molar-refractivity contribution in [1.82, 2.24) is 0 Å². The molecule has 0 atom stereocenters. The van der Waals surface area contributed by atoms with Gasteiger partial charge in [0.15, 0.2) is 0 Å². The molecule has 2 aromatic carbocycles. The fourth-order valence-corrected chi connectivity index (χ4v) is 2.97. The SMILES string of the molecule is OCCCc1ccc2c(c1)COc1cc(CCCO)ccc1-2. The number of hydrogen-bond acceptors (Lipinski definition) is 3. The molecule has 22 heavy (non-hydrogen) atoms. The van der Waals surface area contributed by atoms with Crippen LogP contribution in [0.3, 0.4) is 0 Å². The highest BCUT2D eigenvalue weighted by Gasteiger charge is 2.17. The summed E-state index contributed by atoms with van der Waals surface area (Å²) in [5, 5.41) is 17.9. The van der Waals surface area contributed by atoms with E-state index in [1.165, 1.54) is 22.3 Å². The summed E-state index contributed by atoms with van der Waals surface area (Å²) in [5.74, 6) is 0.936. The van der Waals surface area contributed by atoms with Gasteiger partial charge in [-0.05, 0) is 54.0 Å². The highest BCUT2D eigenvalue weighted by molar-refractivity contribution is 5.75. The lowest BCUT2D eigenvalue weighted by Crippen LogP contribution is -2.07. The zero-order valence-electron chi connectivity index (χ0n) is 12.7. The van der Waals surface area contributed by atoms with Crippen LogP contribution < -0.4 is 4.74 Å². The van der Waals surface area contributed by atoms with Crippen LogP contribution in [-0.4, -0.2) is 23.4 Å². The molecule has 0 spiro atoms. The molecule has 0 saturated carbocycles. The van der Waals surface area contributed by atoms with Gasteiger partial charge in [-0.2, -0.15) is 0 Å². The minimum absolute atomic E-state index is 0.220. The van der Waals surface area contributed by atoms with Crippen LogP contribution >= 0.6 is 0 Å². The predicted molar refractivity (Wildman–Crippen MR) is 87.0 cm³/mol. The first-order chi connectivity index (χ1) is 10.8. The van der Waals surface area contributed by atoms with E-state index in [4.69, 9.17) is 14.9 Å². The quantitative estimate of drug-likeness (QED) is 0.861. The molecule has 1 aliphatic heterocycles. The van der Waals surface area contributed by atoms with Gasteiger partial charge in [0.2, 0.25) is 0 Å². The smallest absolute Gasteiger partial charge is 0.127 e. The highest BCUT2D eigenvalue weighted by atomic mass is 16.5. The van der Waals surface area contributed by atoms with Crippen molar-refractivity contribution in [3.63, 3.8) is 0 Å². The van der Waals surface area contributed by atoms with Crippen molar-refractivity contribution in [2.45, 2.75) is 32.3 Å². The lowest BCUT2D eigenvalue weighted by Gasteiger charge is -2.22. The van der Waals surface area contributed by atoms with Crippen molar-refractivity contribution in [2.75, 3.05) is 13.2 Å². The highest BCUT2D eigenvalue weighted by Crippen LogP contribution is 2.38. The molecule has 0 saturated heterocycles. The largest absolute Gasteiger partial charge is 0.488 e. The van der Waals surface area contributed by atoms with Gasteiger partial charge in [0.05, 0.1) is 0 Å². The topological polar surface area (TPSA) is 49.7 Å². The molecule has 1 heterocycles. The van der Waals surface area contributed by atoms with E-state index in [0.717, 1.165) is 37.0 Å². The molecule has 1 aliphatic rings. The third-order valence-electron chi connectivity index (χ3n) is 4.14. The normalized spacial score (nSPS) is 12.5. The molecule has 0 aliphatic carbocycles. The summed E-state index contributed by atoms with van der Waals surface area (Å²) >= 11 is 0. The molecule has 3 heteroatoms. The maximum atomic E-state index is 8.94. The van der Waals surface area contributed by atoms with Crippen molar-refractivity contribution < 1.29 is 14.9 Å². The van der Waals surface area contributed by atoms with Gasteiger partial charge in [-0.1, -0.05) is 30.3 Å². The predicted octanol–water partition coefficient (Wildman–Crippen LogP) is 3.10. The van der Waals surface area contributed by atoms with Crippen LogP contribution in [0, 0.1) is 0 Å². The number of ether oxygens (including phenoxy) is 1. The van der Waals surface area contributed by atoms with Gasteiger partial charge in [0.25, 0.3) is 0 Å². The Morgan fingerprint density at radius 3 is 2.14 bits per heavy atom. The molecule has 2 aromatic rings. The summed E-state index contributed by atoms with van der Waals surface area (Å²) in [5.41, 5.74) is 6.05. The van der Waals surface area contributed by atoms with Crippen LogP contribution in [0.25, 0.3) is 11.1 Å².